The van der Waals surface area contributed by atoms with Crippen molar-refractivity contribution < 1.29 is 22.7 Å². The van der Waals surface area contributed by atoms with Crippen LogP contribution in [0.4, 0.5) is 11.4 Å². The van der Waals surface area contributed by atoms with E-state index in [1.165, 1.54) is 31.2 Å². The number of ketones is 1. The lowest BCUT2D eigenvalue weighted by atomic mass is 10.1. The van der Waals surface area contributed by atoms with Crippen LogP contribution in [0.1, 0.15) is 28.4 Å². The smallest absolute Gasteiger partial charge is 0.262 e. The van der Waals surface area contributed by atoms with Gasteiger partial charge in [-0.05, 0) is 74.4 Å². The van der Waals surface area contributed by atoms with E-state index in [9.17, 15) is 18.0 Å². The van der Waals surface area contributed by atoms with Crippen molar-refractivity contribution in [2.45, 2.75) is 25.7 Å². The van der Waals surface area contributed by atoms with E-state index in [-0.39, 0.29) is 17.3 Å². The SMILES string of the molecule is CC(=O)c1cccc(NC(=O)COc2ccc(S(=O)(=O)Nc3cc(C)ccc3C)cc2)c1. The predicted molar refractivity (Wildman–Crippen MR) is 124 cm³/mol. The molecular weight excluding hydrogens is 428 g/mol. The minimum absolute atomic E-state index is 0.0799. The van der Waals surface area contributed by atoms with Gasteiger partial charge in [0.2, 0.25) is 0 Å². The van der Waals surface area contributed by atoms with Crippen LogP contribution in [0.15, 0.2) is 71.6 Å². The van der Waals surface area contributed by atoms with Crippen LogP contribution in [0.25, 0.3) is 0 Å². The Hall–Kier alpha value is -3.65. The Labute approximate surface area is 187 Å². The highest BCUT2D eigenvalue weighted by atomic mass is 32.2. The van der Waals surface area contributed by atoms with E-state index in [1.807, 2.05) is 26.0 Å². The first-order valence-corrected chi connectivity index (χ1v) is 11.4. The summed E-state index contributed by atoms with van der Waals surface area (Å²) in [5, 5.41) is 2.66. The lowest BCUT2D eigenvalue weighted by Crippen LogP contribution is -2.20. The largest absolute Gasteiger partial charge is 0.484 e. The van der Waals surface area contributed by atoms with Gasteiger partial charge < -0.3 is 10.1 Å². The second kappa shape index (κ2) is 9.65. The Morgan fingerprint density at radius 3 is 2.34 bits per heavy atom. The number of carbonyl (C=O) groups excluding carboxylic acids is 2. The molecule has 0 spiro atoms. The van der Waals surface area contributed by atoms with Crippen LogP contribution in [-0.4, -0.2) is 26.7 Å². The summed E-state index contributed by atoms with van der Waals surface area (Å²) < 4.78 is 33.4. The molecule has 32 heavy (non-hydrogen) atoms. The van der Waals surface area contributed by atoms with E-state index in [0.29, 0.717) is 22.7 Å². The molecule has 0 aliphatic heterocycles. The molecule has 8 heteroatoms. The van der Waals surface area contributed by atoms with Gasteiger partial charge in [0.1, 0.15) is 5.75 Å². The van der Waals surface area contributed by atoms with Crippen LogP contribution < -0.4 is 14.8 Å². The summed E-state index contributed by atoms with van der Waals surface area (Å²) in [5.74, 6) is -0.151. The van der Waals surface area contributed by atoms with Gasteiger partial charge in [-0.2, -0.15) is 0 Å². The third-order valence-electron chi connectivity index (χ3n) is 4.69. The normalized spacial score (nSPS) is 11.0. The monoisotopic (exact) mass is 452 g/mol. The van der Waals surface area contributed by atoms with Crippen molar-refractivity contribution in [2.24, 2.45) is 0 Å². The molecule has 0 saturated heterocycles. The van der Waals surface area contributed by atoms with Gasteiger partial charge in [0.05, 0.1) is 10.6 Å². The first-order chi connectivity index (χ1) is 15.1. The maximum atomic E-state index is 12.7. The molecule has 0 aliphatic carbocycles. The Bertz CT molecular complexity index is 1250. The number of rotatable bonds is 8. The van der Waals surface area contributed by atoms with Gasteiger partial charge in [-0.15, -0.1) is 0 Å². The average molecular weight is 453 g/mol. The molecule has 0 radical (unpaired) electrons. The predicted octanol–water partition coefficient (Wildman–Crippen LogP) is 4.32. The van der Waals surface area contributed by atoms with Crippen molar-refractivity contribution in [2.75, 3.05) is 16.6 Å². The maximum absolute atomic E-state index is 12.7. The maximum Gasteiger partial charge on any atom is 0.262 e. The fourth-order valence-corrected chi connectivity index (χ4v) is 4.05. The fourth-order valence-electron chi connectivity index (χ4n) is 2.93. The van der Waals surface area contributed by atoms with Crippen molar-refractivity contribution >= 4 is 33.1 Å². The van der Waals surface area contributed by atoms with Crippen molar-refractivity contribution in [3.05, 3.63) is 83.4 Å². The molecule has 0 atom stereocenters. The number of nitrogens with one attached hydrogen (secondary N) is 2. The van der Waals surface area contributed by atoms with Crippen LogP contribution in [0, 0.1) is 13.8 Å². The van der Waals surface area contributed by atoms with E-state index in [2.05, 4.69) is 10.0 Å². The number of Topliss-reactive ketones (excluding diaryl/α,β-unsaturated/α-hetero) is 1. The molecule has 166 valence electrons. The van der Waals surface area contributed by atoms with Gasteiger partial charge in [0, 0.05) is 11.3 Å². The van der Waals surface area contributed by atoms with Crippen LogP contribution in [0.3, 0.4) is 0 Å². The summed E-state index contributed by atoms with van der Waals surface area (Å²) in [6.07, 6.45) is 0. The highest BCUT2D eigenvalue weighted by molar-refractivity contribution is 7.92. The molecule has 0 aromatic heterocycles. The summed E-state index contributed by atoms with van der Waals surface area (Å²) in [4.78, 5) is 23.6. The van der Waals surface area contributed by atoms with Crippen molar-refractivity contribution in [3.63, 3.8) is 0 Å². The molecule has 0 unspecified atom stereocenters. The van der Waals surface area contributed by atoms with Crippen LogP contribution >= 0.6 is 0 Å². The zero-order valence-electron chi connectivity index (χ0n) is 18.0. The summed E-state index contributed by atoms with van der Waals surface area (Å²) in [5.41, 5.74) is 3.28. The number of amides is 1. The minimum Gasteiger partial charge on any atom is -0.484 e. The molecule has 7 nitrogen and oxygen atoms in total. The zero-order valence-corrected chi connectivity index (χ0v) is 18.8. The molecule has 3 aromatic carbocycles. The third kappa shape index (κ3) is 5.95. The molecule has 0 fully saturated rings. The quantitative estimate of drug-likeness (QED) is 0.496. The number of aryl methyl sites for hydroxylation is 2. The molecule has 2 N–H and O–H groups in total. The minimum atomic E-state index is -3.76. The number of benzene rings is 3. The Balaban J connectivity index is 1.60. The lowest BCUT2D eigenvalue weighted by Gasteiger charge is -2.12. The van der Waals surface area contributed by atoms with Gasteiger partial charge in [-0.3, -0.25) is 14.3 Å². The van der Waals surface area contributed by atoms with Crippen molar-refractivity contribution in [1.29, 1.82) is 0 Å². The van der Waals surface area contributed by atoms with Gasteiger partial charge >= 0.3 is 0 Å². The van der Waals surface area contributed by atoms with Gasteiger partial charge in [0.25, 0.3) is 15.9 Å². The van der Waals surface area contributed by atoms with Crippen LogP contribution in [0.2, 0.25) is 0 Å². The van der Waals surface area contributed by atoms with E-state index in [1.54, 1.807) is 30.3 Å². The molecule has 3 rings (SSSR count). The Morgan fingerprint density at radius 2 is 1.66 bits per heavy atom. The number of ether oxygens (including phenoxy) is 1. The number of anilines is 2. The highest BCUT2D eigenvalue weighted by Gasteiger charge is 2.16. The summed E-state index contributed by atoms with van der Waals surface area (Å²) in [6, 6.07) is 17.9. The van der Waals surface area contributed by atoms with Gasteiger partial charge in [-0.25, -0.2) is 8.42 Å². The topological polar surface area (TPSA) is 102 Å². The Morgan fingerprint density at radius 1 is 0.938 bits per heavy atom. The third-order valence-corrected chi connectivity index (χ3v) is 6.08. The Kier molecular flexibility index (Phi) is 6.95. The molecule has 3 aromatic rings. The standard InChI is InChI=1S/C24H24N2O5S/c1-16-7-8-17(2)23(13-16)26-32(29,30)22-11-9-21(10-12-22)31-15-24(28)25-20-6-4-5-19(14-20)18(3)27/h4-14,26H,15H2,1-3H3,(H,25,28). The number of hydrogen-bond acceptors (Lipinski definition) is 5. The molecular formula is C24H24N2O5S. The molecule has 1 amide bonds. The summed E-state index contributed by atoms with van der Waals surface area (Å²) in [6.45, 7) is 4.90. The van der Waals surface area contributed by atoms with E-state index in [4.69, 9.17) is 4.74 Å². The summed E-state index contributed by atoms with van der Waals surface area (Å²) in [7, 11) is -3.76. The first-order valence-electron chi connectivity index (χ1n) is 9.88. The highest BCUT2D eigenvalue weighted by Crippen LogP contribution is 2.22. The first kappa shape index (κ1) is 23.0. The number of hydrogen-bond donors (Lipinski definition) is 2. The fraction of sp³-hybridized carbons (Fsp3) is 0.167. The van der Waals surface area contributed by atoms with Gasteiger partial charge in [-0.1, -0.05) is 24.3 Å². The van der Waals surface area contributed by atoms with Gasteiger partial charge in [0.15, 0.2) is 12.4 Å². The van der Waals surface area contributed by atoms with Crippen molar-refractivity contribution in [1.82, 2.24) is 0 Å². The number of sulfonamides is 1. The van der Waals surface area contributed by atoms with Crippen LogP contribution in [0.5, 0.6) is 5.75 Å². The molecule has 0 aliphatic rings. The second-order valence-electron chi connectivity index (χ2n) is 7.37. The molecule has 0 saturated carbocycles. The van der Waals surface area contributed by atoms with Crippen molar-refractivity contribution in [3.8, 4) is 5.75 Å². The van der Waals surface area contributed by atoms with Crippen LogP contribution in [-0.2, 0) is 14.8 Å². The van der Waals surface area contributed by atoms with E-state index >= 15 is 0 Å². The lowest BCUT2D eigenvalue weighted by molar-refractivity contribution is -0.118. The van der Waals surface area contributed by atoms with E-state index in [0.717, 1.165) is 11.1 Å². The zero-order chi connectivity index (χ0) is 23.3. The van der Waals surface area contributed by atoms with E-state index < -0.39 is 15.9 Å². The average Bonchev–Trinajstić information content (AvgIpc) is 2.75. The summed E-state index contributed by atoms with van der Waals surface area (Å²) >= 11 is 0. The second-order valence-corrected chi connectivity index (χ2v) is 9.05. The number of carbonyl (C=O) groups is 2. The molecule has 0 heterocycles. The molecule has 0 bridgehead atoms.